The highest BCUT2D eigenvalue weighted by molar-refractivity contribution is 5.07. The lowest BCUT2D eigenvalue weighted by atomic mass is 10.3. The van der Waals surface area contributed by atoms with E-state index in [1.165, 1.54) is 5.57 Å². The molecule has 1 N–H and O–H groups in total. The van der Waals surface area contributed by atoms with E-state index < -0.39 is 0 Å². The summed E-state index contributed by atoms with van der Waals surface area (Å²) < 4.78 is 5.75. The fraction of sp³-hybridized carbons (Fsp3) is 0.571. The quantitative estimate of drug-likeness (QED) is 0.738. The van der Waals surface area contributed by atoms with Gasteiger partial charge in [-0.1, -0.05) is 26.0 Å². The highest BCUT2D eigenvalue weighted by atomic mass is 16.3. The molecular weight excluding hydrogens is 212 g/mol. The van der Waals surface area contributed by atoms with E-state index in [4.69, 9.17) is 4.42 Å². The van der Waals surface area contributed by atoms with Gasteiger partial charge in [-0.15, -0.1) is 0 Å². The molecule has 0 unspecified atom stereocenters. The monoisotopic (exact) mass is 236 g/mol. The van der Waals surface area contributed by atoms with Crippen LogP contribution < -0.4 is 5.32 Å². The number of nitrogens with zero attached hydrogens (tertiary/aromatic N) is 1. The Morgan fingerprint density at radius 1 is 1.41 bits per heavy atom. The molecule has 1 aromatic rings. The molecule has 1 aromatic heterocycles. The van der Waals surface area contributed by atoms with E-state index in [1.54, 1.807) is 0 Å². The number of likely N-dealkylation sites (N-methyl/N-ethyl adjacent to an activating group) is 1. The summed E-state index contributed by atoms with van der Waals surface area (Å²) in [6.07, 6.45) is 0. The minimum atomic E-state index is 0.481. The molecule has 0 bridgehead atoms. The molecule has 0 saturated heterocycles. The summed E-state index contributed by atoms with van der Waals surface area (Å²) in [7, 11) is 2.07. The van der Waals surface area contributed by atoms with Crippen molar-refractivity contribution in [1.82, 2.24) is 10.2 Å². The lowest BCUT2D eigenvalue weighted by Gasteiger charge is -2.14. The van der Waals surface area contributed by atoms with Crippen molar-refractivity contribution >= 4 is 0 Å². The first kappa shape index (κ1) is 14.0. The van der Waals surface area contributed by atoms with Crippen LogP contribution >= 0.6 is 0 Å². The molecule has 96 valence electrons. The average molecular weight is 236 g/mol. The van der Waals surface area contributed by atoms with Gasteiger partial charge in [0.05, 0.1) is 13.1 Å². The molecule has 17 heavy (non-hydrogen) atoms. The highest BCUT2D eigenvalue weighted by Crippen LogP contribution is 2.10. The zero-order valence-corrected chi connectivity index (χ0v) is 11.4. The standard InChI is InChI=1S/C14H24N2O/c1-11(2)9-16(5)10-14-7-6-13(17-14)8-15-12(3)4/h6-7,12,15H,1,8-10H2,2-5H3. The lowest BCUT2D eigenvalue weighted by molar-refractivity contribution is 0.308. The van der Waals surface area contributed by atoms with Gasteiger partial charge in [-0.25, -0.2) is 0 Å². The molecule has 3 heteroatoms. The topological polar surface area (TPSA) is 28.4 Å². The Hall–Kier alpha value is -1.06. The van der Waals surface area contributed by atoms with Crippen molar-refractivity contribution in [3.63, 3.8) is 0 Å². The second-order valence-electron chi connectivity index (χ2n) is 5.03. The van der Waals surface area contributed by atoms with Crippen molar-refractivity contribution in [2.24, 2.45) is 0 Å². The third kappa shape index (κ3) is 5.71. The second kappa shape index (κ2) is 6.62. The molecule has 0 spiro atoms. The summed E-state index contributed by atoms with van der Waals surface area (Å²) in [5.74, 6) is 2.01. The first-order valence-corrected chi connectivity index (χ1v) is 6.11. The van der Waals surface area contributed by atoms with Crippen LogP contribution in [0.3, 0.4) is 0 Å². The summed E-state index contributed by atoms with van der Waals surface area (Å²) >= 11 is 0. The van der Waals surface area contributed by atoms with E-state index in [0.29, 0.717) is 6.04 Å². The van der Waals surface area contributed by atoms with Crippen molar-refractivity contribution < 1.29 is 4.42 Å². The van der Waals surface area contributed by atoms with Gasteiger partial charge in [0.2, 0.25) is 0 Å². The van der Waals surface area contributed by atoms with Crippen LogP contribution in [0.25, 0.3) is 0 Å². The van der Waals surface area contributed by atoms with Crippen LogP contribution in [0.2, 0.25) is 0 Å². The number of rotatable bonds is 7. The third-order valence-corrected chi connectivity index (χ3v) is 2.37. The predicted molar refractivity (Wildman–Crippen MR) is 71.8 cm³/mol. The molecule has 0 fully saturated rings. The Morgan fingerprint density at radius 3 is 2.65 bits per heavy atom. The summed E-state index contributed by atoms with van der Waals surface area (Å²) in [5, 5.41) is 3.34. The summed E-state index contributed by atoms with van der Waals surface area (Å²) in [6.45, 7) is 12.7. The fourth-order valence-electron chi connectivity index (χ4n) is 1.69. The largest absolute Gasteiger partial charge is 0.463 e. The van der Waals surface area contributed by atoms with Crippen molar-refractivity contribution in [3.05, 3.63) is 35.8 Å². The van der Waals surface area contributed by atoms with Gasteiger partial charge in [-0.2, -0.15) is 0 Å². The van der Waals surface area contributed by atoms with Crippen LogP contribution in [-0.4, -0.2) is 24.5 Å². The smallest absolute Gasteiger partial charge is 0.118 e. The molecule has 1 heterocycles. The van der Waals surface area contributed by atoms with Gasteiger partial charge in [0, 0.05) is 12.6 Å². The van der Waals surface area contributed by atoms with Crippen LogP contribution in [0.5, 0.6) is 0 Å². The Morgan fingerprint density at radius 2 is 2.06 bits per heavy atom. The predicted octanol–water partition coefficient (Wildman–Crippen LogP) is 2.79. The van der Waals surface area contributed by atoms with Crippen molar-refractivity contribution in [1.29, 1.82) is 0 Å². The third-order valence-electron chi connectivity index (χ3n) is 2.37. The molecule has 0 amide bonds. The first-order valence-electron chi connectivity index (χ1n) is 6.11. The van der Waals surface area contributed by atoms with Gasteiger partial charge >= 0.3 is 0 Å². The number of hydrogen-bond acceptors (Lipinski definition) is 3. The summed E-state index contributed by atoms with van der Waals surface area (Å²) in [5.41, 5.74) is 1.17. The fourth-order valence-corrected chi connectivity index (χ4v) is 1.69. The number of furan rings is 1. The molecule has 0 aromatic carbocycles. The molecule has 0 atom stereocenters. The van der Waals surface area contributed by atoms with E-state index >= 15 is 0 Å². The van der Waals surface area contributed by atoms with E-state index in [0.717, 1.165) is 31.2 Å². The number of hydrogen-bond donors (Lipinski definition) is 1. The van der Waals surface area contributed by atoms with Gasteiger partial charge in [-0.3, -0.25) is 4.90 Å². The Labute approximate surface area is 104 Å². The molecule has 0 aliphatic rings. The minimum absolute atomic E-state index is 0.481. The molecule has 3 nitrogen and oxygen atoms in total. The molecule has 0 aliphatic heterocycles. The van der Waals surface area contributed by atoms with Crippen LogP contribution in [0, 0.1) is 0 Å². The van der Waals surface area contributed by atoms with Gasteiger partial charge < -0.3 is 9.73 Å². The van der Waals surface area contributed by atoms with E-state index in [1.807, 2.05) is 19.1 Å². The maximum atomic E-state index is 5.75. The Balaban J connectivity index is 2.42. The zero-order valence-electron chi connectivity index (χ0n) is 11.4. The van der Waals surface area contributed by atoms with Gasteiger partial charge in [0.25, 0.3) is 0 Å². The van der Waals surface area contributed by atoms with Crippen molar-refractivity contribution in [3.8, 4) is 0 Å². The van der Waals surface area contributed by atoms with Crippen LogP contribution in [-0.2, 0) is 13.1 Å². The molecule has 0 radical (unpaired) electrons. The van der Waals surface area contributed by atoms with Crippen LogP contribution in [0.4, 0.5) is 0 Å². The highest BCUT2D eigenvalue weighted by Gasteiger charge is 2.06. The minimum Gasteiger partial charge on any atom is -0.463 e. The zero-order chi connectivity index (χ0) is 12.8. The number of nitrogens with one attached hydrogen (secondary N) is 1. The van der Waals surface area contributed by atoms with E-state index in [2.05, 4.69) is 37.7 Å². The lowest BCUT2D eigenvalue weighted by Crippen LogP contribution is -2.21. The molecule has 0 saturated carbocycles. The Kier molecular flexibility index (Phi) is 5.45. The van der Waals surface area contributed by atoms with Crippen LogP contribution in [0.1, 0.15) is 32.3 Å². The molecule has 0 aliphatic carbocycles. The van der Waals surface area contributed by atoms with Crippen molar-refractivity contribution in [2.75, 3.05) is 13.6 Å². The summed E-state index contributed by atoms with van der Waals surface area (Å²) in [6, 6.07) is 4.57. The van der Waals surface area contributed by atoms with E-state index in [9.17, 15) is 0 Å². The Bertz CT molecular complexity index is 355. The van der Waals surface area contributed by atoms with Gasteiger partial charge in [0.15, 0.2) is 0 Å². The second-order valence-corrected chi connectivity index (χ2v) is 5.03. The van der Waals surface area contributed by atoms with Gasteiger partial charge in [0.1, 0.15) is 11.5 Å². The maximum Gasteiger partial charge on any atom is 0.118 e. The summed E-state index contributed by atoms with van der Waals surface area (Å²) in [4.78, 5) is 2.20. The van der Waals surface area contributed by atoms with E-state index in [-0.39, 0.29) is 0 Å². The first-order chi connectivity index (χ1) is 7.97. The van der Waals surface area contributed by atoms with Gasteiger partial charge in [-0.05, 0) is 26.1 Å². The maximum absolute atomic E-state index is 5.75. The molecular formula is C14H24N2O. The van der Waals surface area contributed by atoms with Crippen molar-refractivity contribution in [2.45, 2.75) is 39.9 Å². The SMILES string of the molecule is C=C(C)CN(C)Cc1ccc(CNC(C)C)o1. The average Bonchev–Trinajstić information content (AvgIpc) is 2.61. The van der Waals surface area contributed by atoms with Crippen LogP contribution in [0.15, 0.2) is 28.7 Å². The normalized spacial score (nSPS) is 11.4. The molecule has 1 rings (SSSR count).